The topological polar surface area (TPSA) is 137 Å². The molecule has 0 radical (unpaired) electrons. The largest absolute Gasteiger partial charge is 0.391 e. The lowest BCUT2D eigenvalue weighted by Gasteiger charge is -2.19. The number of rotatable bonds is 9. The van der Waals surface area contributed by atoms with Gasteiger partial charge in [0, 0.05) is 25.2 Å². The molecule has 2 atom stereocenters. The minimum atomic E-state index is -1.25. The minimum Gasteiger partial charge on any atom is -0.391 e. The van der Waals surface area contributed by atoms with Crippen molar-refractivity contribution >= 4 is 11.8 Å². The number of carbonyl (C=O) groups is 2. The van der Waals surface area contributed by atoms with Gasteiger partial charge in [-0.05, 0) is 41.8 Å². The summed E-state index contributed by atoms with van der Waals surface area (Å²) in [6.07, 6.45) is -1.16. The number of benzene rings is 2. The summed E-state index contributed by atoms with van der Waals surface area (Å²) in [5.41, 5.74) is 10.3. The fourth-order valence-corrected chi connectivity index (χ4v) is 2.71. The number of aliphatic hydroxyl groups is 1. The van der Waals surface area contributed by atoms with Gasteiger partial charge in [0.25, 0.3) is 11.8 Å². The normalized spacial score (nSPS) is 12.9. The Morgan fingerprint density at radius 2 is 1.82 bits per heavy atom. The van der Waals surface area contributed by atoms with Crippen LogP contribution in [0.4, 0.5) is 0 Å². The SMILES string of the molecule is C[C@@H](O)[C@H](NC(=O)c1ccc(-c2cccc(CNCCN)c2)cc1)C(=O)NO. The Morgan fingerprint density at radius 3 is 2.43 bits per heavy atom. The van der Waals surface area contributed by atoms with Crippen LogP contribution in [0.1, 0.15) is 22.8 Å². The average molecular weight is 386 g/mol. The van der Waals surface area contributed by atoms with Gasteiger partial charge < -0.3 is 21.5 Å². The van der Waals surface area contributed by atoms with Gasteiger partial charge in [0.2, 0.25) is 0 Å². The van der Waals surface area contributed by atoms with Gasteiger partial charge in [-0.2, -0.15) is 0 Å². The third kappa shape index (κ3) is 5.86. The zero-order valence-corrected chi connectivity index (χ0v) is 15.7. The molecular formula is C20H26N4O4. The molecule has 28 heavy (non-hydrogen) atoms. The van der Waals surface area contributed by atoms with Crippen LogP contribution in [0.3, 0.4) is 0 Å². The van der Waals surface area contributed by atoms with Crippen molar-refractivity contribution in [3.8, 4) is 11.1 Å². The van der Waals surface area contributed by atoms with Crippen molar-refractivity contribution < 1.29 is 19.9 Å². The van der Waals surface area contributed by atoms with Crippen LogP contribution in [-0.2, 0) is 11.3 Å². The van der Waals surface area contributed by atoms with E-state index in [9.17, 15) is 14.7 Å². The summed E-state index contributed by atoms with van der Waals surface area (Å²) in [5.74, 6) is -1.42. The van der Waals surface area contributed by atoms with Crippen molar-refractivity contribution in [2.24, 2.45) is 5.73 Å². The van der Waals surface area contributed by atoms with Gasteiger partial charge in [-0.15, -0.1) is 0 Å². The smallest absolute Gasteiger partial charge is 0.268 e. The number of amides is 2. The van der Waals surface area contributed by atoms with E-state index >= 15 is 0 Å². The highest BCUT2D eigenvalue weighted by molar-refractivity contribution is 5.97. The van der Waals surface area contributed by atoms with Crippen molar-refractivity contribution in [2.45, 2.75) is 25.6 Å². The van der Waals surface area contributed by atoms with Gasteiger partial charge in [0.1, 0.15) is 6.04 Å². The third-order valence-electron chi connectivity index (χ3n) is 4.22. The molecule has 0 bridgehead atoms. The lowest BCUT2D eigenvalue weighted by Crippen LogP contribution is -2.51. The van der Waals surface area contributed by atoms with Crippen molar-refractivity contribution in [3.63, 3.8) is 0 Å². The van der Waals surface area contributed by atoms with Crippen LogP contribution in [0.15, 0.2) is 48.5 Å². The molecule has 7 N–H and O–H groups in total. The zero-order valence-electron chi connectivity index (χ0n) is 15.7. The van der Waals surface area contributed by atoms with Crippen LogP contribution in [-0.4, -0.2) is 47.4 Å². The van der Waals surface area contributed by atoms with Crippen LogP contribution >= 0.6 is 0 Å². The van der Waals surface area contributed by atoms with Gasteiger partial charge in [-0.25, -0.2) is 5.48 Å². The van der Waals surface area contributed by atoms with Crippen LogP contribution in [0.5, 0.6) is 0 Å². The van der Waals surface area contributed by atoms with E-state index in [1.807, 2.05) is 30.3 Å². The van der Waals surface area contributed by atoms with E-state index in [0.717, 1.165) is 29.8 Å². The maximum atomic E-state index is 12.3. The Balaban J connectivity index is 2.09. The van der Waals surface area contributed by atoms with E-state index < -0.39 is 24.0 Å². The lowest BCUT2D eigenvalue weighted by molar-refractivity contribution is -0.133. The van der Waals surface area contributed by atoms with Crippen molar-refractivity contribution in [1.29, 1.82) is 0 Å². The number of aliphatic hydroxyl groups excluding tert-OH is 1. The molecule has 0 aromatic heterocycles. The van der Waals surface area contributed by atoms with E-state index in [1.165, 1.54) is 12.4 Å². The van der Waals surface area contributed by atoms with Crippen LogP contribution in [0.25, 0.3) is 11.1 Å². The Hall–Kier alpha value is -2.78. The Bertz CT molecular complexity index is 793. The van der Waals surface area contributed by atoms with Crippen molar-refractivity contribution in [3.05, 3.63) is 59.7 Å². The molecule has 0 unspecified atom stereocenters. The molecule has 8 heteroatoms. The van der Waals surface area contributed by atoms with Crippen LogP contribution in [0.2, 0.25) is 0 Å². The van der Waals surface area contributed by atoms with E-state index in [-0.39, 0.29) is 0 Å². The molecule has 0 aliphatic carbocycles. The Morgan fingerprint density at radius 1 is 1.11 bits per heavy atom. The summed E-state index contributed by atoms with van der Waals surface area (Å²) in [5, 5.41) is 24.0. The van der Waals surface area contributed by atoms with Crippen molar-refractivity contribution in [1.82, 2.24) is 16.1 Å². The fourth-order valence-electron chi connectivity index (χ4n) is 2.71. The molecule has 0 fully saturated rings. The first-order valence-corrected chi connectivity index (χ1v) is 8.99. The number of hydroxylamine groups is 1. The summed E-state index contributed by atoms with van der Waals surface area (Å²) < 4.78 is 0. The van der Waals surface area contributed by atoms with E-state index in [0.29, 0.717) is 12.1 Å². The monoisotopic (exact) mass is 386 g/mol. The van der Waals surface area contributed by atoms with Gasteiger partial charge in [0.05, 0.1) is 6.10 Å². The van der Waals surface area contributed by atoms with E-state index in [1.54, 1.807) is 12.1 Å². The molecule has 0 heterocycles. The molecule has 150 valence electrons. The predicted octanol–water partition coefficient (Wildman–Crippen LogP) is 0.387. The first-order chi connectivity index (χ1) is 13.5. The summed E-state index contributed by atoms with van der Waals surface area (Å²) in [4.78, 5) is 23.9. The second-order valence-corrected chi connectivity index (χ2v) is 6.41. The number of carbonyl (C=O) groups excluding carboxylic acids is 2. The van der Waals surface area contributed by atoms with Gasteiger partial charge in [-0.1, -0.05) is 30.3 Å². The van der Waals surface area contributed by atoms with Crippen molar-refractivity contribution in [2.75, 3.05) is 13.1 Å². The molecule has 0 saturated carbocycles. The van der Waals surface area contributed by atoms with Gasteiger partial charge >= 0.3 is 0 Å². The molecule has 0 saturated heterocycles. The fraction of sp³-hybridized carbons (Fsp3) is 0.300. The Kier molecular flexibility index (Phi) is 8.09. The number of hydrogen-bond acceptors (Lipinski definition) is 6. The van der Waals surface area contributed by atoms with E-state index in [4.69, 9.17) is 10.9 Å². The second-order valence-electron chi connectivity index (χ2n) is 6.41. The van der Waals surface area contributed by atoms with Gasteiger partial charge in [0.15, 0.2) is 0 Å². The molecule has 0 aliphatic rings. The molecule has 2 aromatic carbocycles. The third-order valence-corrected chi connectivity index (χ3v) is 4.22. The zero-order chi connectivity index (χ0) is 20.5. The molecule has 2 amide bonds. The summed E-state index contributed by atoms with van der Waals surface area (Å²) in [6, 6.07) is 13.7. The Labute approximate surface area is 163 Å². The molecule has 0 aliphatic heterocycles. The maximum Gasteiger partial charge on any atom is 0.268 e. The number of nitrogens with two attached hydrogens (primary N) is 1. The summed E-state index contributed by atoms with van der Waals surface area (Å²) >= 11 is 0. The number of hydrogen-bond donors (Lipinski definition) is 6. The second kappa shape index (κ2) is 10.5. The summed E-state index contributed by atoms with van der Waals surface area (Å²) in [6.45, 7) is 3.40. The highest BCUT2D eigenvalue weighted by Gasteiger charge is 2.25. The molecule has 0 spiro atoms. The molecular weight excluding hydrogens is 360 g/mol. The predicted molar refractivity (Wildman–Crippen MR) is 106 cm³/mol. The number of nitrogens with one attached hydrogen (secondary N) is 3. The van der Waals surface area contributed by atoms with Crippen LogP contribution < -0.4 is 21.8 Å². The first-order valence-electron chi connectivity index (χ1n) is 8.99. The maximum absolute atomic E-state index is 12.3. The van der Waals surface area contributed by atoms with Crippen LogP contribution in [0, 0.1) is 0 Å². The average Bonchev–Trinajstić information content (AvgIpc) is 2.71. The summed E-state index contributed by atoms with van der Waals surface area (Å²) in [7, 11) is 0. The standard InChI is InChI=1S/C20H26N4O4/c1-13(25)18(20(27)24-28)23-19(26)16-7-5-15(6-8-16)17-4-2-3-14(11-17)12-22-10-9-21/h2-8,11,13,18,22,25,28H,9-10,12,21H2,1H3,(H,23,26)(H,24,27)/t13-,18+/m1/s1. The highest BCUT2D eigenvalue weighted by Crippen LogP contribution is 2.21. The quantitative estimate of drug-likeness (QED) is 0.209. The lowest BCUT2D eigenvalue weighted by atomic mass is 10.0. The highest BCUT2D eigenvalue weighted by atomic mass is 16.5. The minimum absolute atomic E-state index is 0.334. The molecule has 8 nitrogen and oxygen atoms in total. The molecule has 2 rings (SSSR count). The van der Waals surface area contributed by atoms with E-state index in [2.05, 4.69) is 16.7 Å². The van der Waals surface area contributed by atoms with Gasteiger partial charge in [-0.3, -0.25) is 14.8 Å². The molecule has 2 aromatic rings. The first kappa shape index (κ1) is 21.5.